The fraction of sp³-hybridized carbons (Fsp3) is 0.647. The number of rotatable bonds is 5. The van der Waals surface area contributed by atoms with Gasteiger partial charge in [-0.3, -0.25) is 4.90 Å². The van der Waals surface area contributed by atoms with Gasteiger partial charge in [0.15, 0.2) is 0 Å². The van der Waals surface area contributed by atoms with E-state index in [2.05, 4.69) is 55.1 Å². The molecule has 1 fully saturated rings. The highest BCUT2D eigenvalue weighted by Crippen LogP contribution is 2.19. The Labute approximate surface area is 123 Å². The fourth-order valence-electron chi connectivity index (χ4n) is 2.94. The van der Waals surface area contributed by atoms with Gasteiger partial charge in [-0.05, 0) is 51.0 Å². The number of benzene rings is 1. The van der Waals surface area contributed by atoms with Crippen LogP contribution in [0.4, 0.5) is 0 Å². The number of likely N-dealkylation sites (N-methyl/N-ethyl adjacent to an activating group) is 1. The SMILES string of the molecule is CCc1ccc(C(O)CN2CCCC(N(C)C)C2)cc1. The standard InChI is InChI=1S/C17H28N2O/c1-4-14-7-9-15(10-8-14)17(20)13-19-11-5-6-16(12-19)18(2)3/h7-10,16-17,20H,4-6,11-13H2,1-3H3. The average Bonchev–Trinajstić information content (AvgIpc) is 2.47. The summed E-state index contributed by atoms with van der Waals surface area (Å²) in [5.41, 5.74) is 2.36. The summed E-state index contributed by atoms with van der Waals surface area (Å²) in [6.07, 6.45) is 3.17. The first-order valence-electron chi connectivity index (χ1n) is 7.75. The Hall–Kier alpha value is -0.900. The lowest BCUT2D eigenvalue weighted by molar-refractivity contribution is 0.0722. The summed E-state index contributed by atoms with van der Waals surface area (Å²) in [5.74, 6) is 0. The van der Waals surface area contributed by atoms with Gasteiger partial charge in [0.2, 0.25) is 0 Å². The summed E-state index contributed by atoms with van der Waals surface area (Å²) >= 11 is 0. The first-order valence-corrected chi connectivity index (χ1v) is 7.75. The van der Waals surface area contributed by atoms with Gasteiger partial charge in [-0.1, -0.05) is 31.2 Å². The molecule has 1 aromatic carbocycles. The number of aryl methyl sites for hydroxylation is 1. The Morgan fingerprint density at radius 2 is 2.00 bits per heavy atom. The van der Waals surface area contributed by atoms with Crippen LogP contribution >= 0.6 is 0 Å². The van der Waals surface area contributed by atoms with Crippen LogP contribution in [0.15, 0.2) is 24.3 Å². The number of aliphatic hydroxyl groups is 1. The van der Waals surface area contributed by atoms with Gasteiger partial charge in [0.05, 0.1) is 6.10 Å². The minimum absolute atomic E-state index is 0.373. The maximum Gasteiger partial charge on any atom is 0.0916 e. The molecule has 0 bridgehead atoms. The van der Waals surface area contributed by atoms with Crippen molar-refractivity contribution in [2.45, 2.75) is 38.3 Å². The average molecular weight is 276 g/mol. The number of nitrogens with zero attached hydrogens (tertiary/aromatic N) is 2. The number of hydrogen-bond donors (Lipinski definition) is 1. The third kappa shape index (κ3) is 4.05. The van der Waals surface area contributed by atoms with Crippen molar-refractivity contribution < 1.29 is 5.11 Å². The van der Waals surface area contributed by atoms with Crippen molar-refractivity contribution in [1.29, 1.82) is 0 Å². The molecule has 1 aliphatic heterocycles. The topological polar surface area (TPSA) is 26.7 Å². The Morgan fingerprint density at radius 3 is 2.60 bits per heavy atom. The number of piperidine rings is 1. The highest BCUT2D eigenvalue weighted by molar-refractivity contribution is 5.24. The summed E-state index contributed by atoms with van der Waals surface area (Å²) in [4.78, 5) is 4.70. The molecule has 0 radical (unpaired) electrons. The van der Waals surface area contributed by atoms with Crippen LogP contribution in [0, 0.1) is 0 Å². The van der Waals surface area contributed by atoms with Crippen molar-refractivity contribution >= 4 is 0 Å². The molecule has 0 amide bonds. The molecule has 20 heavy (non-hydrogen) atoms. The van der Waals surface area contributed by atoms with Crippen LogP contribution in [-0.2, 0) is 6.42 Å². The van der Waals surface area contributed by atoms with Crippen molar-refractivity contribution in [2.75, 3.05) is 33.7 Å². The first kappa shape index (κ1) is 15.5. The quantitative estimate of drug-likeness (QED) is 0.894. The van der Waals surface area contributed by atoms with Crippen molar-refractivity contribution in [3.63, 3.8) is 0 Å². The van der Waals surface area contributed by atoms with Crippen LogP contribution in [-0.4, -0.2) is 54.7 Å². The van der Waals surface area contributed by atoms with E-state index in [4.69, 9.17) is 0 Å². The molecule has 0 aromatic heterocycles. The van der Waals surface area contributed by atoms with E-state index in [-0.39, 0.29) is 6.10 Å². The van der Waals surface area contributed by atoms with Gasteiger partial charge >= 0.3 is 0 Å². The fourth-order valence-corrected chi connectivity index (χ4v) is 2.94. The monoisotopic (exact) mass is 276 g/mol. The minimum Gasteiger partial charge on any atom is -0.387 e. The number of β-amino-alcohol motifs (C(OH)–C–C–N with tert-alkyl or cyclic N) is 1. The number of hydrogen-bond acceptors (Lipinski definition) is 3. The Morgan fingerprint density at radius 1 is 1.30 bits per heavy atom. The molecule has 2 unspecified atom stereocenters. The van der Waals surface area contributed by atoms with Crippen LogP contribution < -0.4 is 0 Å². The molecule has 1 aromatic rings. The zero-order chi connectivity index (χ0) is 14.5. The van der Waals surface area contributed by atoms with E-state index < -0.39 is 0 Å². The predicted molar refractivity (Wildman–Crippen MR) is 83.9 cm³/mol. The molecule has 1 heterocycles. The third-order valence-electron chi connectivity index (χ3n) is 4.41. The van der Waals surface area contributed by atoms with Gasteiger partial charge in [-0.2, -0.15) is 0 Å². The van der Waals surface area contributed by atoms with Gasteiger partial charge < -0.3 is 10.0 Å². The van der Waals surface area contributed by atoms with Crippen molar-refractivity contribution in [3.8, 4) is 0 Å². The van der Waals surface area contributed by atoms with Gasteiger partial charge in [0.25, 0.3) is 0 Å². The van der Waals surface area contributed by atoms with Crippen LogP contribution in [0.2, 0.25) is 0 Å². The first-order chi connectivity index (χ1) is 9.60. The number of aliphatic hydroxyl groups excluding tert-OH is 1. The molecule has 3 nitrogen and oxygen atoms in total. The molecule has 0 spiro atoms. The maximum absolute atomic E-state index is 10.4. The van der Waals surface area contributed by atoms with Crippen LogP contribution in [0.25, 0.3) is 0 Å². The predicted octanol–water partition coefficient (Wildman–Crippen LogP) is 2.31. The smallest absolute Gasteiger partial charge is 0.0916 e. The van der Waals surface area contributed by atoms with Gasteiger partial charge in [-0.25, -0.2) is 0 Å². The maximum atomic E-state index is 10.4. The van der Waals surface area contributed by atoms with Crippen molar-refractivity contribution in [2.24, 2.45) is 0 Å². The Kier molecular flexibility index (Phi) is 5.58. The molecule has 1 saturated heterocycles. The zero-order valence-corrected chi connectivity index (χ0v) is 13.0. The summed E-state index contributed by atoms with van der Waals surface area (Å²) < 4.78 is 0. The summed E-state index contributed by atoms with van der Waals surface area (Å²) in [7, 11) is 4.29. The number of likely N-dealkylation sites (tertiary alicyclic amines) is 1. The summed E-state index contributed by atoms with van der Waals surface area (Å²) in [6, 6.07) is 9.00. The van der Waals surface area contributed by atoms with Crippen LogP contribution in [0.5, 0.6) is 0 Å². The van der Waals surface area contributed by atoms with Crippen molar-refractivity contribution in [3.05, 3.63) is 35.4 Å². The van der Waals surface area contributed by atoms with Crippen LogP contribution in [0.1, 0.15) is 37.0 Å². The van der Waals surface area contributed by atoms with E-state index in [1.807, 2.05) is 0 Å². The van der Waals surface area contributed by atoms with E-state index >= 15 is 0 Å². The largest absolute Gasteiger partial charge is 0.387 e. The van der Waals surface area contributed by atoms with E-state index in [0.29, 0.717) is 6.04 Å². The second-order valence-electron chi connectivity index (χ2n) is 6.13. The highest BCUT2D eigenvalue weighted by atomic mass is 16.3. The molecule has 112 valence electrons. The van der Waals surface area contributed by atoms with E-state index in [0.717, 1.165) is 31.6 Å². The molecule has 1 N–H and O–H groups in total. The van der Waals surface area contributed by atoms with Crippen LogP contribution in [0.3, 0.4) is 0 Å². The third-order valence-corrected chi connectivity index (χ3v) is 4.41. The second-order valence-corrected chi connectivity index (χ2v) is 6.13. The molecule has 0 saturated carbocycles. The van der Waals surface area contributed by atoms with E-state index in [1.54, 1.807) is 0 Å². The Balaban J connectivity index is 1.91. The summed E-state index contributed by atoms with van der Waals surface area (Å²) in [6.45, 7) is 5.07. The van der Waals surface area contributed by atoms with Gasteiger partial charge in [0, 0.05) is 19.1 Å². The minimum atomic E-state index is -0.373. The molecular weight excluding hydrogens is 248 g/mol. The zero-order valence-electron chi connectivity index (χ0n) is 13.0. The second kappa shape index (κ2) is 7.21. The highest BCUT2D eigenvalue weighted by Gasteiger charge is 2.23. The van der Waals surface area contributed by atoms with Gasteiger partial charge in [-0.15, -0.1) is 0 Å². The summed E-state index contributed by atoms with van der Waals surface area (Å²) in [5, 5.41) is 10.4. The molecule has 3 heteroatoms. The van der Waals surface area contributed by atoms with E-state index in [9.17, 15) is 5.11 Å². The molecular formula is C17H28N2O. The lowest BCUT2D eigenvalue weighted by atomic mass is 10.0. The van der Waals surface area contributed by atoms with Crippen molar-refractivity contribution in [1.82, 2.24) is 9.80 Å². The lowest BCUT2D eigenvalue weighted by Crippen LogP contribution is -2.46. The Bertz CT molecular complexity index is 402. The van der Waals surface area contributed by atoms with E-state index in [1.165, 1.54) is 18.4 Å². The molecule has 2 atom stereocenters. The van der Waals surface area contributed by atoms with Gasteiger partial charge in [0.1, 0.15) is 0 Å². The molecule has 0 aliphatic carbocycles. The normalized spacial score (nSPS) is 22.1. The lowest BCUT2D eigenvalue weighted by Gasteiger charge is -2.37. The molecule has 1 aliphatic rings. The molecule has 2 rings (SSSR count).